The third kappa shape index (κ3) is 7.72. The van der Waals surface area contributed by atoms with Gasteiger partial charge in [0, 0.05) is 24.8 Å². The van der Waals surface area contributed by atoms with Crippen LogP contribution in [-0.2, 0) is 29.1 Å². The normalized spacial score (nSPS) is 10.8. The molecule has 29 heavy (non-hydrogen) atoms. The molecule has 2 rings (SSSR count). The number of carbonyl (C=O) groups is 3. The van der Waals surface area contributed by atoms with Gasteiger partial charge in [-0.3, -0.25) is 14.4 Å². The Morgan fingerprint density at radius 3 is 2.07 bits per heavy atom. The first-order chi connectivity index (χ1) is 13.8. The van der Waals surface area contributed by atoms with E-state index in [4.69, 9.17) is 4.74 Å². The number of carbonyl (C=O) groups excluding carboxylic acids is 3. The van der Waals surface area contributed by atoms with Crippen LogP contribution in [0.4, 0.5) is 11.4 Å². The van der Waals surface area contributed by atoms with E-state index in [1.807, 2.05) is 0 Å². The van der Waals surface area contributed by atoms with E-state index in [-0.39, 0.29) is 23.8 Å². The van der Waals surface area contributed by atoms with Crippen molar-refractivity contribution in [2.75, 3.05) is 23.8 Å². The zero-order valence-electron chi connectivity index (χ0n) is 15.7. The summed E-state index contributed by atoms with van der Waals surface area (Å²) in [6.45, 7) is 0.733. The highest BCUT2D eigenvalue weighted by Gasteiger charge is 2.14. The predicted molar refractivity (Wildman–Crippen MR) is 107 cm³/mol. The smallest absolute Gasteiger partial charge is 0.307 e. The van der Waals surface area contributed by atoms with Gasteiger partial charge in [-0.1, -0.05) is 18.2 Å². The van der Waals surface area contributed by atoms with E-state index < -0.39 is 28.5 Å². The van der Waals surface area contributed by atoms with Crippen LogP contribution >= 0.6 is 0 Å². The van der Waals surface area contributed by atoms with Crippen molar-refractivity contribution in [3.8, 4) is 0 Å². The molecule has 0 radical (unpaired) electrons. The molecule has 154 valence electrons. The quantitative estimate of drug-likeness (QED) is 0.528. The Morgan fingerprint density at radius 2 is 1.48 bits per heavy atom. The van der Waals surface area contributed by atoms with Crippen molar-refractivity contribution in [3.05, 3.63) is 54.6 Å². The summed E-state index contributed by atoms with van der Waals surface area (Å²) in [6.07, 6.45) is -0.218. The van der Waals surface area contributed by atoms with Gasteiger partial charge in [-0.15, -0.1) is 0 Å². The maximum Gasteiger partial charge on any atom is 0.307 e. The van der Waals surface area contributed by atoms with Gasteiger partial charge in [-0.25, -0.2) is 13.1 Å². The summed E-state index contributed by atoms with van der Waals surface area (Å²) in [6, 6.07) is 14.2. The number of benzene rings is 2. The molecule has 9 nitrogen and oxygen atoms in total. The molecular formula is C19H21N3O6S. The van der Waals surface area contributed by atoms with Gasteiger partial charge in [0.1, 0.15) is 0 Å². The van der Waals surface area contributed by atoms with E-state index in [0.29, 0.717) is 11.4 Å². The number of hydrogen-bond acceptors (Lipinski definition) is 6. The predicted octanol–water partition coefficient (Wildman–Crippen LogP) is 1.50. The molecule has 0 aliphatic heterocycles. The average molecular weight is 419 g/mol. The lowest BCUT2D eigenvalue weighted by atomic mass is 10.2. The maximum atomic E-state index is 12.0. The van der Waals surface area contributed by atoms with Gasteiger partial charge in [-0.2, -0.15) is 0 Å². The molecule has 0 bridgehead atoms. The molecule has 0 spiro atoms. The number of anilines is 2. The zero-order valence-corrected chi connectivity index (χ0v) is 16.5. The third-order valence-electron chi connectivity index (χ3n) is 3.53. The summed E-state index contributed by atoms with van der Waals surface area (Å²) in [5.41, 5.74) is 1.05. The molecule has 2 aromatic rings. The molecule has 0 saturated carbocycles. The van der Waals surface area contributed by atoms with Gasteiger partial charge >= 0.3 is 5.97 Å². The van der Waals surface area contributed by atoms with E-state index in [9.17, 15) is 22.8 Å². The second-order valence-corrected chi connectivity index (χ2v) is 7.70. The van der Waals surface area contributed by atoms with Crippen molar-refractivity contribution in [1.29, 1.82) is 0 Å². The minimum absolute atomic E-state index is 0.0947. The molecule has 2 amide bonds. The SMILES string of the molecule is CC(=O)Nc1ccc(NC(=O)COC(=O)CCNS(=O)(=O)c2ccccc2)cc1. The van der Waals surface area contributed by atoms with Crippen LogP contribution in [0.25, 0.3) is 0 Å². The fourth-order valence-electron chi connectivity index (χ4n) is 2.23. The first-order valence-corrected chi connectivity index (χ1v) is 10.1. The van der Waals surface area contributed by atoms with Crippen molar-refractivity contribution in [2.45, 2.75) is 18.2 Å². The number of ether oxygens (including phenoxy) is 1. The van der Waals surface area contributed by atoms with Crippen LogP contribution in [0.1, 0.15) is 13.3 Å². The van der Waals surface area contributed by atoms with Crippen LogP contribution in [0.2, 0.25) is 0 Å². The van der Waals surface area contributed by atoms with Gasteiger partial charge < -0.3 is 15.4 Å². The van der Waals surface area contributed by atoms with Gasteiger partial charge in [0.25, 0.3) is 5.91 Å². The number of amides is 2. The zero-order chi connectivity index (χ0) is 21.3. The first-order valence-electron chi connectivity index (χ1n) is 8.64. The van der Waals surface area contributed by atoms with Crippen LogP contribution in [-0.4, -0.2) is 39.4 Å². The lowest BCUT2D eigenvalue weighted by Gasteiger charge is -2.08. The Morgan fingerprint density at radius 1 is 0.897 bits per heavy atom. The highest BCUT2D eigenvalue weighted by Crippen LogP contribution is 2.13. The summed E-state index contributed by atoms with van der Waals surface area (Å²) in [5, 5.41) is 5.14. The van der Waals surface area contributed by atoms with E-state index in [0.717, 1.165) is 0 Å². The molecular weight excluding hydrogens is 398 g/mol. The van der Waals surface area contributed by atoms with Crippen molar-refractivity contribution in [1.82, 2.24) is 4.72 Å². The lowest BCUT2D eigenvalue weighted by Crippen LogP contribution is -2.27. The molecule has 0 atom stereocenters. The second-order valence-electron chi connectivity index (χ2n) is 5.93. The lowest BCUT2D eigenvalue weighted by molar-refractivity contribution is -0.147. The molecule has 0 aliphatic rings. The van der Waals surface area contributed by atoms with Crippen molar-refractivity contribution < 1.29 is 27.5 Å². The number of rotatable bonds is 9. The molecule has 2 aromatic carbocycles. The van der Waals surface area contributed by atoms with E-state index in [2.05, 4.69) is 15.4 Å². The Bertz CT molecular complexity index is 959. The summed E-state index contributed by atoms with van der Waals surface area (Å²) in [7, 11) is -3.70. The van der Waals surface area contributed by atoms with Crippen LogP contribution in [0.3, 0.4) is 0 Å². The van der Waals surface area contributed by atoms with Gasteiger partial charge in [0.2, 0.25) is 15.9 Å². The highest BCUT2D eigenvalue weighted by molar-refractivity contribution is 7.89. The largest absolute Gasteiger partial charge is 0.456 e. The Labute approximate surface area is 168 Å². The van der Waals surface area contributed by atoms with Crippen LogP contribution in [0, 0.1) is 0 Å². The van der Waals surface area contributed by atoms with Gasteiger partial charge in [0.15, 0.2) is 6.61 Å². The molecule has 0 fully saturated rings. The first kappa shape index (κ1) is 22.1. The second kappa shape index (κ2) is 10.3. The summed E-state index contributed by atoms with van der Waals surface area (Å²) < 4.78 is 31.2. The molecule has 0 heterocycles. The Hall–Kier alpha value is -3.24. The van der Waals surface area contributed by atoms with Crippen LogP contribution in [0.5, 0.6) is 0 Å². The summed E-state index contributed by atoms with van der Waals surface area (Å²) >= 11 is 0. The number of hydrogen-bond donors (Lipinski definition) is 3. The molecule has 3 N–H and O–H groups in total. The fraction of sp³-hybridized carbons (Fsp3) is 0.211. The van der Waals surface area contributed by atoms with Crippen LogP contribution in [0.15, 0.2) is 59.5 Å². The summed E-state index contributed by atoms with van der Waals surface area (Å²) in [5.74, 6) is -1.47. The monoisotopic (exact) mass is 419 g/mol. The minimum Gasteiger partial charge on any atom is -0.456 e. The molecule has 0 aromatic heterocycles. The average Bonchev–Trinajstić information content (AvgIpc) is 2.68. The minimum atomic E-state index is -3.70. The fourth-order valence-corrected chi connectivity index (χ4v) is 3.28. The molecule has 10 heteroatoms. The van der Waals surface area contributed by atoms with E-state index in [1.54, 1.807) is 42.5 Å². The van der Waals surface area contributed by atoms with Crippen molar-refractivity contribution in [2.24, 2.45) is 0 Å². The molecule has 0 unspecified atom stereocenters. The maximum absolute atomic E-state index is 12.0. The Balaban J connectivity index is 1.70. The van der Waals surface area contributed by atoms with Gasteiger partial charge in [-0.05, 0) is 36.4 Å². The standard InChI is InChI=1S/C19H21N3O6S/c1-14(23)21-15-7-9-16(10-8-15)22-18(24)13-28-19(25)11-12-20-29(26,27)17-5-3-2-4-6-17/h2-10,20H,11-13H2,1H3,(H,21,23)(H,22,24). The van der Waals surface area contributed by atoms with E-state index >= 15 is 0 Å². The third-order valence-corrected chi connectivity index (χ3v) is 5.00. The van der Waals surface area contributed by atoms with Gasteiger partial charge in [0.05, 0.1) is 11.3 Å². The van der Waals surface area contributed by atoms with Crippen molar-refractivity contribution >= 4 is 39.2 Å². The number of esters is 1. The van der Waals surface area contributed by atoms with Crippen LogP contribution < -0.4 is 15.4 Å². The Kier molecular flexibility index (Phi) is 7.87. The molecule has 0 saturated heterocycles. The van der Waals surface area contributed by atoms with Crippen molar-refractivity contribution in [3.63, 3.8) is 0 Å². The highest BCUT2D eigenvalue weighted by atomic mass is 32.2. The molecule has 0 aliphatic carbocycles. The van der Waals surface area contributed by atoms with E-state index in [1.165, 1.54) is 19.1 Å². The topological polar surface area (TPSA) is 131 Å². The summed E-state index contributed by atoms with van der Waals surface area (Å²) in [4.78, 5) is 34.6. The number of sulfonamides is 1. The number of nitrogens with one attached hydrogen (secondary N) is 3.